The van der Waals surface area contributed by atoms with Crippen LogP contribution < -0.4 is 4.74 Å². The zero-order valence-electron chi connectivity index (χ0n) is 11.4. The molecular formula is C15H16F3NO2. The molecule has 2 aliphatic rings. The number of halogens is 3. The Morgan fingerprint density at radius 1 is 1.10 bits per heavy atom. The Morgan fingerprint density at radius 3 is 2.43 bits per heavy atom. The Labute approximate surface area is 120 Å². The fraction of sp³-hybridized carbons (Fsp3) is 0.533. The second-order valence-corrected chi connectivity index (χ2v) is 5.53. The van der Waals surface area contributed by atoms with Crippen LogP contribution in [0.1, 0.15) is 36.0 Å². The van der Waals surface area contributed by atoms with Crippen LogP contribution in [-0.4, -0.2) is 35.7 Å². The second kappa shape index (κ2) is 5.02. The number of ether oxygens (including phenoxy) is 1. The van der Waals surface area contributed by atoms with Gasteiger partial charge in [0.25, 0.3) is 5.72 Å². The van der Waals surface area contributed by atoms with Crippen molar-refractivity contribution in [3.8, 4) is 5.75 Å². The van der Waals surface area contributed by atoms with Gasteiger partial charge in [0.2, 0.25) is 0 Å². The molecule has 0 radical (unpaired) electrons. The van der Waals surface area contributed by atoms with Crippen LogP contribution in [0, 0.1) is 0 Å². The molecule has 0 aromatic heterocycles. The zero-order chi connectivity index (χ0) is 15.1. The number of piperidine rings is 1. The van der Waals surface area contributed by atoms with Crippen LogP contribution in [0.4, 0.5) is 13.2 Å². The molecule has 1 aromatic carbocycles. The van der Waals surface area contributed by atoms with Gasteiger partial charge in [-0.2, -0.15) is 13.2 Å². The summed E-state index contributed by atoms with van der Waals surface area (Å²) >= 11 is 0. The molecule has 2 heterocycles. The Balaban J connectivity index is 2.04. The van der Waals surface area contributed by atoms with Gasteiger partial charge < -0.3 is 4.74 Å². The van der Waals surface area contributed by atoms with E-state index in [-0.39, 0.29) is 11.3 Å². The van der Waals surface area contributed by atoms with Crippen molar-refractivity contribution in [1.82, 2.24) is 4.90 Å². The molecule has 0 N–H and O–H groups in total. The highest BCUT2D eigenvalue weighted by molar-refractivity contribution is 6.00. The summed E-state index contributed by atoms with van der Waals surface area (Å²) in [4.78, 5) is 13.5. The van der Waals surface area contributed by atoms with Crippen LogP contribution in [0.25, 0.3) is 0 Å². The predicted molar refractivity (Wildman–Crippen MR) is 70.2 cm³/mol. The van der Waals surface area contributed by atoms with E-state index >= 15 is 0 Å². The number of rotatable bonds is 1. The smallest absolute Gasteiger partial charge is 0.443 e. The summed E-state index contributed by atoms with van der Waals surface area (Å²) in [6, 6.07) is 6.14. The lowest BCUT2D eigenvalue weighted by Crippen LogP contribution is -2.66. The highest BCUT2D eigenvalue weighted by Crippen LogP contribution is 2.45. The molecule has 0 bridgehead atoms. The van der Waals surface area contributed by atoms with Gasteiger partial charge in [0.05, 0.1) is 12.0 Å². The maximum absolute atomic E-state index is 13.7. The first-order valence-corrected chi connectivity index (χ1v) is 7.07. The van der Waals surface area contributed by atoms with Crippen LogP contribution in [-0.2, 0) is 0 Å². The van der Waals surface area contributed by atoms with E-state index in [1.165, 1.54) is 17.0 Å². The fourth-order valence-corrected chi connectivity index (χ4v) is 3.09. The van der Waals surface area contributed by atoms with Gasteiger partial charge in [-0.3, -0.25) is 9.69 Å². The summed E-state index contributed by atoms with van der Waals surface area (Å²) in [6.07, 6.45) is -3.00. The van der Waals surface area contributed by atoms with E-state index in [0.29, 0.717) is 25.9 Å². The van der Waals surface area contributed by atoms with E-state index in [0.717, 1.165) is 6.42 Å². The summed E-state index contributed by atoms with van der Waals surface area (Å²) in [7, 11) is 0. The normalized spacial score (nSPS) is 27.1. The molecule has 3 rings (SSSR count). The molecule has 0 saturated carbocycles. The second-order valence-electron chi connectivity index (χ2n) is 5.53. The number of hydrogen-bond donors (Lipinski definition) is 0. The lowest BCUT2D eigenvalue weighted by atomic mass is 9.93. The van der Waals surface area contributed by atoms with Gasteiger partial charge in [-0.25, -0.2) is 0 Å². The third-order valence-electron chi connectivity index (χ3n) is 4.18. The summed E-state index contributed by atoms with van der Waals surface area (Å²) in [6.45, 7) is 0.601. The van der Waals surface area contributed by atoms with Gasteiger partial charge in [-0.1, -0.05) is 18.6 Å². The van der Waals surface area contributed by atoms with Crippen LogP contribution in [0.3, 0.4) is 0 Å². The van der Waals surface area contributed by atoms with Crippen LogP contribution in [0.5, 0.6) is 5.75 Å². The van der Waals surface area contributed by atoms with Crippen molar-refractivity contribution in [2.75, 3.05) is 13.1 Å². The maximum atomic E-state index is 13.7. The van der Waals surface area contributed by atoms with Crippen molar-refractivity contribution in [1.29, 1.82) is 0 Å². The summed E-state index contributed by atoms with van der Waals surface area (Å²) < 4.78 is 46.6. The van der Waals surface area contributed by atoms with E-state index in [2.05, 4.69) is 0 Å². The van der Waals surface area contributed by atoms with Gasteiger partial charge in [0, 0.05) is 13.1 Å². The maximum Gasteiger partial charge on any atom is 0.443 e. The minimum Gasteiger partial charge on any atom is -0.462 e. The van der Waals surface area contributed by atoms with Gasteiger partial charge in [-0.05, 0) is 25.0 Å². The van der Waals surface area contributed by atoms with E-state index in [1.54, 1.807) is 12.1 Å². The first-order chi connectivity index (χ1) is 9.94. The molecule has 0 spiro atoms. The van der Waals surface area contributed by atoms with Crippen LogP contribution in [0.2, 0.25) is 0 Å². The number of alkyl halides is 3. The van der Waals surface area contributed by atoms with Crippen LogP contribution in [0.15, 0.2) is 24.3 Å². The van der Waals surface area contributed by atoms with E-state index in [1.807, 2.05) is 0 Å². The number of carbonyl (C=O) groups excluding carboxylic acids is 1. The molecule has 1 unspecified atom stereocenters. The third-order valence-corrected chi connectivity index (χ3v) is 4.18. The minimum atomic E-state index is -4.62. The zero-order valence-corrected chi connectivity index (χ0v) is 11.4. The highest BCUT2D eigenvalue weighted by Gasteiger charge is 2.63. The molecule has 1 fully saturated rings. The lowest BCUT2D eigenvalue weighted by Gasteiger charge is -2.47. The number of nitrogens with zero attached hydrogens (tertiary/aromatic N) is 1. The summed E-state index contributed by atoms with van der Waals surface area (Å²) in [5.41, 5.74) is -2.28. The van der Waals surface area contributed by atoms with Crippen molar-refractivity contribution in [2.45, 2.75) is 37.6 Å². The number of carbonyl (C=O) groups is 1. The molecule has 3 nitrogen and oxygen atoms in total. The monoisotopic (exact) mass is 299 g/mol. The van der Waals surface area contributed by atoms with Gasteiger partial charge in [-0.15, -0.1) is 0 Å². The molecule has 1 aromatic rings. The Morgan fingerprint density at radius 2 is 1.76 bits per heavy atom. The highest BCUT2D eigenvalue weighted by atomic mass is 19.4. The van der Waals surface area contributed by atoms with Crippen molar-refractivity contribution >= 4 is 5.78 Å². The van der Waals surface area contributed by atoms with Gasteiger partial charge in [0.1, 0.15) is 5.75 Å². The number of fused-ring (bicyclic) bond motifs is 1. The number of likely N-dealkylation sites (tertiary alicyclic amines) is 1. The predicted octanol–water partition coefficient (Wildman–Crippen LogP) is 3.40. The first kappa shape index (κ1) is 14.4. The van der Waals surface area contributed by atoms with Crippen molar-refractivity contribution in [2.24, 2.45) is 0 Å². The Hall–Kier alpha value is -1.56. The minimum absolute atomic E-state index is 0.0247. The molecule has 0 amide bonds. The van der Waals surface area contributed by atoms with E-state index < -0.39 is 24.1 Å². The van der Waals surface area contributed by atoms with E-state index in [9.17, 15) is 18.0 Å². The van der Waals surface area contributed by atoms with Crippen molar-refractivity contribution in [3.63, 3.8) is 0 Å². The summed E-state index contributed by atoms with van der Waals surface area (Å²) in [5, 5.41) is 0. The number of benzene rings is 1. The lowest BCUT2D eigenvalue weighted by molar-refractivity contribution is -0.305. The molecular weight excluding hydrogens is 283 g/mol. The quantitative estimate of drug-likeness (QED) is 0.796. The molecule has 114 valence electrons. The first-order valence-electron chi connectivity index (χ1n) is 7.07. The number of para-hydroxylation sites is 1. The summed E-state index contributed by atoms with van der Waals surface area (Å²) in [5.74, 6) is -0.489. The SMILES string of the molecule is O=C1CC(N2CCCCC2)(C(F)(F)F)Oc2ccccc21. The third kappa shape index (κ3) is 2.31. The molecule has 21 heavy (non-hydrogen) atoms. The fourth-order valence-electron chi connectivity index (χ4n) is 3.09. The molecule has 1 saturated heterocycles. The molecule has 2 aliphatic heterocycles. The average Bonchev–Trinajstić information content (AvgIpc) is 2.47. The molecule has 6 heteroatoms. The molecule has 0 aliphatic carbocycles. The Bertz CT molecular complexity index is 552. The van der Waals surface area contributed by atoms with Crippen molar-refractivity contribution < 1.29 is 22.7 Å². The van der Waals surface area contributed by atoms with Gasteiger partial charge in [0.15, 0.2) is 5.78 Å². The number of ketones is 1. The standard InChI is InChI=1S/C15H16F3NO2/c16-15(17,18)14(19-8-4-1-5-9-19)10-12(20)11-6-2-3-7-13(11)21-14/h2-3,6-7H,1,4-5,8-10H2. The van der Waals surface area contributed by atoms with Crippen LogP contribution >= 0.6 is 0 Å². The van der Waals surface area contributed by atoms with Crippen molar-refractivity contribution in [3.05, 3.63) is 29.8 Å². The largest absolute Gasteiger partial charge is 0.462 e. The topological polar surface area (TPSA) is 29.5 Å². The molecule has 1 atom stereocenters. The average molecular weight is 299 g/mol. The van der Waals surface area contributed by atoms with Gasteiger partial charge >= 0.3 is 6.18 Å². The number of hydrogen-bond acceptors (Lipinski definition) is 3. The Kier molecular flexibility index (Phi) is 3.43. The number of Topliss-reactive ketones (excluding diaryl/α,β-unsaturated/α-hetero) is 1. The van der Waals surface area contributed by atoms with E-state index in [4.69, 9.17) is 4.74 Å².